The van der Waals surface area contributed by atoms with E-state index in [1.165, 1.54) is 11.3 Å². The zero-order chi connectivity index (χ0) is 19.1. The van der Waals surface area contributed by atoms with E-state index >= 15 is 0 Å². The summed E-state index contributed by atoms with van der Waals surface area (Å²) < 4.78 is 6.98. The normalized spacial score (nSPS) is 15.2. The molecule has 0 unspecified atom stereocenters. The lowest BCUT2D eigenvalue weighted by Crippen LogP contribution is -2.38. The SMILES string of the molecule is O=C([C@@H]1Cc2ccccc2O1)N(c1ccc(Cl)cc1)c1nc2ccccc2s1. The highest BCUT2D eigenvalue weighted by molar-refractivity contribution is 7.22. The van der Waals surface area contributed by atoms with Crippen LogP contribution in [0.3, 0.4) is 0 Å². The van der Waals surface area contributed by atoms with Crippen LogP contribution in [0.1, 0.15) is 5.56 Å². The minimum absolute atomic E-state index is 0.141. The van der Waals surface area contributed by atoms with Crippen molar-refractivity contribution in [2.24, 2.45) is 0 Å². The smallest absolute Gasteiger partial charge is 0.274 e. The highest BCUT2D eigenvalue weighted by atomic mass is 35.5. The van der Waals surface area contributed by atoms with Crippen LogP contribution in [0.5, 0.6) is 5.75 Å². The monoisotopic (exact) mass is 406 g/mol. The zero-order valence-corrected chi connectivity index (χ0v) is 16.3. The van der Waals surface area contributed by atoms with E-state index < -0.39 is 6.10 Å². The van der Waals surface area contributed by atoms with Gasteiger partial charge in [0.1, 0.15) is 5.75 Å². The highest BCUT2D eigenvalue weighted by Crippen LogP contribution is 2.36. The molecular weight excluding hydrogens is 392 g/mol. The number of para-hydroxylation sites is 2. The molecule has 4 aromatic rings. The van der Waals surface area contributed by atoms with Crippen molar-refractivity contribution in [3.05, 3.63) is 83.4 Å². The summed E-state index contributed by atoms with van der Waals surface area (Å²) in [5.41, 5.74) is 2.62. The first kappa shape index (κ1) is 17.2. The van der Waals surface area contributed by atoms with Gasteiger partial charge in [-0.15, -0.1) is 0 Å². The van der Waals surface area contributed by atoms with E-state index in [0.717, 1.165) is 21.5 Å². The molecule has 0 saturated carbocycles. The molecule has 0 bridgehead atoms. The van der Waals surface area contributed by atoms with Gasteiger partial charge in [-0.2, -0.15) is 0 Å². The van der Waals surface area contributed by atoms with Crippen molar-refractivity contribution in [2.75, 3.05) is 4.90 Å². The molecular formula is C22H15ClN2O2S. The molecule has 0 radical (unpaired) electrons. The van der Waals surface area contributed by atoms with Crippen molar-refractivity contribution in [1.29, 1.82) is 0 Å². The molecule has 0 aliphatic carbocycles. The van der Waals surface area contributed by atoms with Crippen molar-refractivity contribution in [3.8, 4) is 5.75 Å². The van der Waals surface area contributed by atoms with E-state index in [1.54, 1.807) is 17.0 Å². The molecule has 0 fully saturated rings. The van der Waals surface area contributed by atoms with Crippen LogP contribution in [0.25, 0.3) is 10.2 Å². The van der Waals surface area contributed by atoms with Gasteiger partial charge in [0.2, 0.25) is 0 Å². The van der Waals surface area contributed by atoms with E-state index in [0.29, 0.717) is 22.3 Å². The fourth-order valence-electron chi connectivity index (χ4n) is 3.34. The minimum Gasteiger partial charge on any atom is -0.480 e. The first-order valence-corrected chi connectivity index (χ1v) is 10.1. The maximum atomic E-state index is 13.5. The standard InChI is InChI=1S/C22H15ClN2O2S/c23-15-9-11-16(12-10-15)25(22-24-17-6-2-4-8-20(17)28-22)21(26)19-13-14-5-1-3-7-18(14)27-19/h1-12,19H,13H2/t19-/m0/s1. The number of carbonyl (C=O) groups is 1. The number of carbonyl (C=O) groups excluding carboxylic acids is 1. The third-order valence-electron chi connectivity index (χ3n) is 4.70. The second-order valence-corrected chi connectivity index (χ2v) is 7.98. The number of aromatic nitrogens is 1. The molecule has 28 heavy (non-hydrogen) atoms. The molecule has 1 aliphatic heterocycles. The molecule has 4 nitrogen and oxygen atoms in total. The summed E-state index contributed by atoms with van der Waals surface area (Å²) in [4.78, 5) is 19.8. The molecule has 3 aromatic carbocycles. The largest absolute Gasteiger partial charge is 0.480 e. The first-order valence-electron chi connectivity index (χ1n) is 8.89. The van der Waals surface area contributed by atoms with Crippen LogP contribution in [-0.4, -0.2) is 17.0 Å². The Kier molecular flexibility index (Phi) is 4.26. The van der Waals surface area contributed by atoms with Gasteiger partial charge in [-0.05, 0) is 48.0 Å². The van der Waals surface area contributed by atoms with Gasteiger partial charge in [-0.25, -0.2) is 4.98 Å². The Morgan fingerprint density at radius 1 is 1.04 bits per heavy atom. The van der Waals surface area contributed by atoms with Crippen molar-refractivity contribution in [3.63, 3.8) is 0 Å². The number of thiazole rings is 1. The summed E-state index contributed by atoms with van der Waals surface area (Å²) in [5.74, 6) is 0.624. The zero-order valence-electron chi connectivity index (χ0n) is 14.7. The third kappa shape index (κ3) is 3.03. The number of amides is 1. The van der Waals surface area contributed by atoms with Gasteiger partial charge in [-0.3, -0.25) is 9.69 Å². The molecule has 1 aromatic heterocycles. The topological polar surface area (TPSA) is 42.4 Å². The van der Waals surface area contributed by atoms with Crippen molar-refractivity contribution < 1.29 is 9.53 Å². The third-order valence-corrected chi connectivity index (χ3v) is 5.98. The van der Waals surface area contributed by atoms with Gasteiger partial charge in [0.25, 0.3) is 5.91 Å². The number of halogens is 1. The van der Waals surface area contributed by atoms with Crippen LogP contribution in [0.2, 0.25) is 5.02 Å². The summed E-state index contributed by atoms with van der Waals surface area (Å²) in [6.45, 7) is 0. The van der Waals surface area contributed by atoms with E-state index in [1.807, 2.05) is 60.7 Å². The van der Waals surface area contributed by atoms with E-state index in [-0.39, 0.29) is 5.91 Å². The lowest BCUT2D eigenvalue weighted by atomic mass is 10.1. The van der Waals surface area contributed by atoms with Crippen molar-refractivity contribution in [1.82, 2.24) is 4.98 Å². The van der Waals surface area contributed by atoms with Gasteiger partial charge in [0.15, 0.2) is 11.2 Å². The molecule has 138 valence electrons. The number of hydrogen-bond donors (Lipinski definition) is 0. The Morgan fingerprint density at radius 3 is 2.57 bits per heavy atom. The molecule has 0 saturated heterocycles. The Labute approximate surface area is 171 Å². The molecule has 1 atom stereocenters. The van der Waals surface area contributed by atoms with Crippen LogP contribution in [0, 0.1) is 0 Å². The molecule has 2 heterocycles. The van der Waals surface area contributed by atoms with Gasteiger partial charge < -0.3 is 4.74 Å². The van der Waals surface area contributed by atoms with Crippen molar-refractivity contribution in [2.45, 2.75) is 12.5 Å². The Hall–Kier alpha value is -2.89. The molecule has 1 amide bonds. The number of hydrogen-bond acceptors (Lipinski definition) is 4. The number of nitrogens with zero attached hydrogens (tertiary/aromatic N) is 2. The predicted molar refractivity (Wildman–Crippen MR) is 113 cm³/mol. The van der Waals surface area contributed by atoms with E-state index in [9.17, 15) is 4.79 Å². The number of benzene rings is 3. The van der Waals surface area contributed by atoms with Crippen LogP contribution >= 0.6 is 22.9 Å². The molecule has 6 heteroatoms. The summed E-state index contributed by atoms with van der Waals surface area (Å²) >= 11 is 7.53. The Balaban J connectivity index is 1.56. The number of ether oxygens (including phenoxy) is 1. The quantitative estimate of drug-likeness (QED) is 0.443. The number of anilines is 2. The van der Waals surface area contributed by atoms with Crippen molar-refractivity contribution >= 4 is 49.9 Å². The lowest BCUT2D eigenvalue weighted by Gasteiger charge is -2.23. The summed E-state index contributed by atoms with van der Waals surface area (Å²) in [6, 6.07) is 22.8. The van der Waals surface area contributed by atoms with Gasteiger partial charge in [0.05, 0.1) is 15.9 Å². The van der Waals surface area contributed by atoms with E-state index in [4.69, 9.17) is 16.3 Å². The molecule has 0 spiro atoms. The second-order valence-electron chi connectivity index (χ2n) is 6.53. The predicted octanol–water partition coefficient (Wildman–Crippen LogP) is 5.62. The number of rotatable bonds is 3. The summed E-state index contributed by atoms with van der Waals surface area (Å²) in [5, 5.41) is 1.23. The second kappa shape index (κ2) is 6.93. The van der Waals surface area contributed by atoms with Gasteiger partial charge in [-0.1, -0.05) is 53.3 Å². The van der Waals surface area contributed by atoms with Crippen LogP contribution < -0.4 is 9.64 Å². The maximum Gasteiger partial charge on any atom is 0.274 e. The minimum atomic E-state index is -0.583. The number of fused-ring (bicyclic) bond motifs is 2. The lowest BCUT2D eigenvalue weighted by molar-refractivity contribution is -0.123. The fourth-order valence-corrected chi connectivity index (χ4v) is 4.46. The maximum absolute atomic E-state index is 13.5. The summed E-state index contributed by atoms with van der Waals surface area (Å²) in [7, 11) is 0. The average Bonchev–Trinajstić information content (AvgIpc) is 3.33. The van der Waals surface area contributed by atoms with Gasteiger partial charge >= 0.3 is 0 Å². The summed E-state index contributed by atoms with van der Waals surface area (Å²) in [6.07, 6.45) is -0.0376. The van der Waals surface area contributed by atoms with E-state index in [2.05, 4.69) is 4.98 Å². The van der Waals surface area contributed by atoms with Crippen LogP contribution in [0.15, 0.2) is 72.8 Å². The highest BCUT2D eigenvalue weighted by Gasteiger charge is 2.35. The molecule has 1 aliphatic rings. The Morgan fingerprint density at radius 2 is 1.79 bits per heavy atom. The Bertz CT molecular complexity index is 1110. The average molecular weight is 407 g/mol. The fraction of sp³-hybridized carbons (Fsp3) is 0.0909. The van der Waals surface area contributed by atoms with Crippen LogP contribution in [0.4, 0.5) is 10.8 Å². The molecule has 5 rings (SSSR count). The molecule has 0 N–H and O–H groups in total. The van der Waals surface area contributed by atoms with Gasteiger partial charge in [0, 0.05) is 11.4 Å². The first-order chi connectivity index (χ1) is 13.7. The van der Waals surface area contributed by atoms with Crippen LogP contribution in [-0.2, 0) is 11.2 Å².